The lowest BCUT2D eigenvalue weighted by molar-refractivity contribution is -0.118. The topological polar surface area (TPSA) is 87.7 Å². The van der Waals surface area contributed by atoms with Gasteiger partial charge in [-0.1, -0.05) is 11.3 Å². The summed E-state index contributed by atoms with van der Waals surface area (Å²) in [6.45, 7) is 9.53. The van der Waals surface area contributed by atoms with Crippen LogP contribution in [0.5, 0.6) is 0 Å². The van der Waals surface area contributed by atoms with E-state index in [0.29, 0.717) is 24.8 Å². The lowest BCUT2D eigenvalue weighted by Crippen LogP contribution is -2.55. The van der Waals surface area contributed by atoms with Crippen molar-refractivity contribution in [3.05, 3.63) is 5.51 Å². The summed E-state index contributed by atoms with van der Waals surface area (Å²) in [5, 5.41) is 10.7. The normalized spacial score (nSPS) is 19.5. The molecule has 1 atom stereocenters. The Labute approximate surface area is 139 Å². The molecule has 2 amide bonds. The van der Waals surface area contributed by atoms with Crippen LogP contribution in [0.4, 0.5) is 9.93 Å². The Morgan fingerprint density at radius 3 is 2.74 bits per heavy atom. The van der Waals surface area contributed by atoms with E-state index < -0.39 is 5.60 Å². The van der Waals surface area contributed by atoms with E-state index in [-0.39, 0.29) is 24.6 Å². The highest BCUT2D eigenvalue weighted by Crippen LogP contribution is 2.15. The molecule has 1 aromatic heterocycles. The van der Waals surface area contributed by atoms with Gasteiger partial charge in [-0.15, -0.1) is 10.2 Å². The van der Waals surface area contributed by atoms with Gasteiger partial charge < -0.3 is 9.64 Å². The van der Waals surface area contributed by atoms with Crippen molar-refractivity contribution in [3.8, 4) is 0 Å². The van der Waals surface area contributed by atoms with Crippen LogP contribution < -0.4 is 5.32 Å². The molecule has 1 saturated heterocycles. The summed E-state index contributed by atoms with van der Waals surface area (Å²) in [6, 6.07) is 0.0800. The van der Waals surface area contributed by atoms with E-state index in [1.807, 2.05) is 32.6 Å². The van der Waals surface area contributed by atoms with Crippen LogP contribution in [0.2, 0.25) is 0 Å². The molecule has 2 rings (SSSR count). The van der Waals surface area contributed by atoms with Crippen molar-refractivity contribution in [2.24, 2.45) is 0 Å². The highest BCUT2D eigenvalue weighted by molar-refractivity contribution is 7.13. The number of nitrogens with one attached hydrogen (secondary N) is 1. The maximum Gasteiger partial charge on any atom is 0.410 e. The largest absolute Gasteiger partial charge is 0.444 e. The molecule has 0 radical (unpaired) electrons. The molecule has 0 aliphatic carbocycles. The number of rotatable bonds is 3. The highest BCUT2D eigenvalue weighted by atomic mass is 32.1. The Balaban J connectivity index is 1.82. The van der Waals surface area contributed by atoms with Crippen molar-refractivity contribution in [2.45, 2.75) is 39.3 Å². The van der Waals surface area contributed by atoms with Crippen LogP contribution in [0.15, 0.2) is 5.51 Å². The van der Waals surface area contributed by atoms with Gasteiger partial charge in [0, 0.05) is 25.7 Å². The minimum absolute atomic E-state index is 0.0800. The maximum atomic E-state index is 12.1. The van der Waals surface area contributed by atoms with Gasteiger partial charge in [0.15, 0.2) is 0 Å². The first-order chi connectivity index (χ1) is 10.7. The Kier molecular flexibility index (Phi) is 5.53. The first-order valence-corrected chi connectivity index (χ1v) is 8.40. The van der Waals surface area contributed by atoms with E-state index in [1.165, 1.54) is 11.3 Å². The van der Waals surface area contributed by atoms with Crippen LogP contribution in [-0.2, 0) is 9.53 Å². The monoisotopic (exact) mass is 341 g/mol. The molecule has 8 nitrogen and oxygen atoms in total. The molecule has 9 heteroatoms. The minimum atomic E-state index is -0.501. The predicted molar refractivity (Wildman–Crippen MR) is 87.4 cm³/mol. The Hall–Kier alpha value is -1.74. The molecule has 23 heavy (non-hydrogen) atoms. The van der Waals surface area contributed by atoms with Crippen LogP contribution in [0.1, 0.15) is 27.7 Å². The van der Waals surface area contributed by atoms with Gasteiger partial charge in [0.25, 0.3) is 0 Å². The van der Waals surface area contributed by atoms with Crippen molar-refractivity contribution in [1.82, 2.24) is 20.0 Å². The number of carbonyl (C=O) groups is 2. The van der Waals surface area contributed by atoms with Crippen molar-refractivity contribution in [1.29, 1.82) is 0 Å². The molecule has 0 spiro atoms. The van der Waals surface area contributed by atoms with Gasteiger partial charge in [0.05, 0.1) is 6.54 Å². The number of aromatic nitrogens is 2. The third kappa shape index (κ3) is 5.43. The second-order valence-electron chi connectivity index (χ2n) is 6.54. The summed E-state index contributed by atoms with van der Waals surface area (Å²) in [7, 11) is 0. The quantitative estimate of drug-likeness (QED) is 0.894. The first kappa shape index (κ1) is 17.6. The van der Waals surface area contributed by atoms with E-state index in [0.717, 1.165) is 0 Å². The van der Waals surface area contributed by atoms with Crippen LogP contribution >= 0.6 is 11.3 Å². The third-order valence-electron chi connectivity index (χ3n) is 3.37. The zero-order chi connectivity index (χ0) is 17.0. The molecule has 1 aliphatic heterocycles. The Bertz CT molecular complexity index is 543. The molecule has 0 saturated carbocycles. The molecule has 0 aromatic carbocycles. The van der Waals surface area contributed by atoms with Gasteiger partial charge >= 0.3 is 6.09 Å². The van der Waals surface area contributed by atoms with Crippen LogP contribution in [0.3, 0.4) is 0 Å². The number of piperazine rings is 1. The SMILES string of the molecule is C[C@@H]1CN(C(=O)OC(C)(C)C)CCN1CC(=O)Nc1nncs1. The minimum Gasteiger partial charge on any atom is -0.444 e. The van der Waals surface area contributed by atoms with E-state index >= 15 is 0 Å². The van der Waals surface area contributed by atoms with Crippen molar-refractivity contribution >= 4 is 28.5 Å². The average molecular weight is 341 g/mol. The first-order valence-electron chi connectivity index (χ1n) is 7.52. The van der Waals surface area contributed by atoms with E-state index in [1.54, 1.807) is 10.4 Å². The number of nitrogens with zero attached hydrogens (tertiary/aromatic N) is 4. The number of carbonyl (C=O) groups excluding carboxylic acids is 2. The lowest BCUT2D eigenvalue weighted by Gasteiger charge is -2.39. The number of ether oxygens (including phenoxy) is 1. The van der Waals surface area contributed by atoms with Crippen molar-refractivity contribution < 1.29 is 14.3 Å². The number of hydrogen-bond donors (Lipinski definition) is 1. The van der Waals surface area contributed by atoms with E-state index in [9.17, 15) is 9.59 Å². The zero-order valence-electron chi connectivity index (χ0n) is 13.9. The van der Waals surface area contributed by atoms with Gasteiger partial charge in [0.1, 0.15) is 11.1 Å². The summed E-state index contributed by atoms with van der Waals surface area (Å²) in [6.07, 6.45) is -0.303. The molecule has 0 unspecified atom stereocenters. The number of anilines is 1. The average Bonchev–Trinajstić information content (AvgIpc) is 2.91. The van der Waals surface area contributed by atoms with Crippen LogP contribution in [0, 0.1) is 0 Å². The molecule has 1 aromatic rings. The van der Waals surface area contributed by atoms with Gasteiger partial charge in [-0.25, -0.2) is 4.79 Å². The summed E-state index contributed by atoms with van der Waals surface area (Å²) >= 11 is 1.28. The molecular formula is C14H23N5O3S. The Morgan fingerprint density at radius 1 is 1.43 bits per heavy atom. The summed E-state index contributed by atoms with van der Waals surface area (Å²) in [4.78, 5) is 27.8. The van der Waals surface area contributed by atoms with Gasteiger partial charge in [-0.3, -0.25) is 15.0 Å². The van der Waals surface area contributed by atoms with Gasteiger partial charge in [0.2, 0.25) is 11.0 Å². The van der Waals surface area contributed by atoms with E-state index in [2.05, 4.69) is 15.5 Å². The Morgan fingerprint density at radius 2 is 2.17 bits per heavy atom. The summed E-state index contributed by atoms with van der Waals surface area (Å²) in [5.74, 6) is -0.126. The fourth-order valence-electron chi connectivity index (χ4n) is 2.29. The summed E-state index contributed by atoms with van der Waals surface area (Å²) in [5.41, 5.74) is 1.07. The number of amides is 2. The molecule has 1 aliphatic rings. The third-order valence-corrected chi connectivity index (χ3v) is 3.98. The molecule has 1 fully saturated rings. The fourth-order valence-corrected chi connectivity index (χ4v) is 2.75. The molecule has 128 valence electrons. The van der Waals surface area contributed by atoms with Gasteiger partial charge in [-0.2, -0.15) is 0 Å². The molecule has 1 N–H and O–H groups in total. The predicted octanol–water partition coefficient (Wildman–Crippen LogP) is 1.42. The van der Waals surface area contributed by atoms with Crippen LogP contribution in [0.25, 0.3) is 0 Å². The second-order valence-corrected chi connectivity index (χ2v) is 7.37. The maximum absolute atomic E-state index is 12.1. The lowest BCUT2D eigenvalue weighted by atomic mass is 10.2. The number of hydrogen-bond acceptors (Lipinski definition) is 7. The highest BCUT2D eigenvalue weighted by Gasteiger charge is 2.30. The van der Waals surface area contributed by atoms with Crippen LogP contribution in [-0.4, -0.2) is 69.8 Å². The zero-order valence-corrected chi connectivity index (χ0v) is 14.7. The standard InChI is InChI=1S/C14H23N5O3S/c1-10-7-19(13(21)22-14(2,3)4)6-5-18(10)8-11(20)16-12-17-15-9-23-12/h9-10H,5-8H2,1-4H3,(H,16,17,20)/t10-/m1/s1. The summed E-state index contributed by atoms with van der Waals surface area (Å²) < 4.78 is 5.39. The van der Waals surface area contributed by atoms with E-state index in [4.69, 9.17) is 4.74 Å². The van der Waals surface area contributed by atoms with Crippen molar-refractivity contribution in [3.63, 3.8) is 0 Å². The van der Waals surface area contributed by atoms with Gasteiger partial charge in [-0.05, 0) is 27.7 Å². The van der Waals surface area contributed by atoms with Crippen molar-refractivity contribution in [2.75, 3.05) is 31.5 Å². The molecule has 2 heterocycles. The molecular weight excluding hydrogens is 318 g/mol. The fraction of sp³-hybridized carbons (Fsp3) is 0.714. The molecule has 0 bridgehead atoms. The second kappa shape index (κ2) is 7.22. The smallest absolute Gasteiger partial charge is 0.410 e.